The van der Waals surface area contributed by atoms with E-state index in [1.54, 1.807) is 0 Å². The number of hydrogen-bond acceptors (Lipinski definition) is 2. The molecule has 0 atom stereocenters. The first-order chi connectivity index (χ1) is 9.72. The summed E-state index contributed by atoms with van der Waals surface area (Å²) < 4.78 is 8.14. The predicted octanol–water partition coefficient (Wildman–Crippen LogP) is 5.03. The first-order valence-electron chi connectivity index (χ1n) is 7.56. The lowest BCUT2D eigenvalue weighted by Crippen LogP contribution is -2.15. The molecule has 2 aliphatic carbocycles. The summed E-state index contributed by atoms with van der Waals surface area (Å²) in [5.41, 5.74) is 1.30. The summed E-state index contributed by atoms with van der Waals surface area (Å²) in [5, 5.41) is 3.54. The first kappa shape index (κ1) is 14.9. The third-order valence-corrected chi connectivity index (χ3v) is 5.35. The Hall–Kier alpha value is -0.0600. The summed E-state index contributed by atoms with van der Waals surface area (Å²) in [6.45, 7) is 1.78. The van der Waals surface area contributed by atoms with Crippen LogP contribution in [0.4, 0.5) is 0 Å². The van der Waals surface area contributed by atoms with E-state index in [4.69, 9.17) is 4.74 Å². The quantitative estimate of drug-likeness (QED) is 0.720. The fourth-order valence-electron chi connectivity index (χ4n) is 2.78. The zero-order chi connectivity index (χ0) is 13.9. The second kappa shape index (κ2) is 6.80. The van der Waals surface area contributed by atoms with E-state index >= 15 is 0 Å². The van der Waals surface area contributed by atoms with Crippen LogP contribution in [0.3, 0.4) is 0 Å². The topological polar surface area (TPSA) is 21.3 Å². The van der Waals surface area contributed by atoms with Crippen LogP contribution in [-0.2, 0) is 6.54 Å². The average molecular weight is 403 g/mol. The van der Waals surface area contributed by atoms with Gasteiger partial charge in [0.15, 0.2) is 0 Å². The summed E-state index contributed by atoms with van der Waals surface area (Å²) in [7, 11) is 0. The minimum Gasteiger partial charge on any atom is -0.491 e. The van der Waals surface area contributed by atoms with Crippen molar-refractivity contribution < 1.29 is 4.74 Å². The van der Waals surface area contributed by atoms with E-state index in [2.05, 4.69) is 49.3 Å². The third kappa shape index (κ3) is 3.99. The van der Waals surface area contributed by atoms with Crippen molar-refractivity contribution >= 4 is 31.9 Å². The van der Waals surface area contributed by atoms with Crippen molar-refractivity contribution in [3.8, 4) is 5.75 Å². The van der Waals surface area contributed by atoms with E-state index in [0.29, 0.717) is 0 Å². The van der Waals surface area contributed by atoms with Gasteiger partial charge in [-0.05, 0) is 81.2 Å². The van der Waals surface area contributed by atoms with Gasteiger partial charge in [-0.3, -0.25) is 0 Å². The summed E-state index contributed by atoms with van der Waals surface area (Å²) in [5.74, 6) is 1.69. The van der Waals surface area contributed by atoms with Crippen molar-refractivity contribution in [2.24, 2.45) is 5.92 Å². The van der Waals surface area contributed by atoms with Crippen LogP contribution < -0.4 is 10.1 Å². The normalized spacial score (nSPS) is 19.5. The maximum Gasteiger partial charge on any atom is 0.147 e. The highest BCUT2D eigenvalue weighted by Gasteiger charge is 2.21. The van der Waals surface area contributed by atoms with Crippen LogP contribution in [0.2, 0.25) is 0 Å². The summed E-state index contributed by atoms with van der Waals surface area (Å²) in [4.78, 5) is 0. The van der Waals surface area contributed by atoms with Crippen LogP contribution in [-0.4, -0.2) is 12.6 Å². The molecule has 0 heterocycles. The van der Waals surface area contributed by atoms with Gasteiger partial charge in [0.05, 0.1) is 15.6 Å². The fourth-order valence-corrected chi connectivity index (χ4v) is 4.29. The molecule has 0 aromatic heterocycles. The number of halogens is 2. The smallest absolute Gasteiger partial charge is 0.147 e. The molecule has 0 saturated heterocycles. The Kier molecular flexibility index (Phi) is 5.05. The minimum atomic E-state index is 0.741. The molecule has 0 unspecified atom stereocenters. The van der Waals surface area contributed by atoms with Gasteiger partial charge in [-0.2, -0.15) is 0 Å². The molecule has 2 saturated carbocycles. The van der Waals surface area contributed by atoms with Gasteiger partial charge in [-0.25, -0.2) is 0 Å². The highest BCUT2D eigenvalue weighted by Crippen LogP contribution is 2.36. The van der Waals surface area contributed by atoms with E-state index in [0.717, 1.165) is 39.8 Å². The number of hydrogen-bond donors (Lipinski definition) is 1. The standard InChI is InChI=1S/C16H21Br2NO/c17-14-7-12(9-19-13-5-6-13)8-15(18)16(14)20-10-11-3-1-2-4-11/h7-8,11,13,19H,1-6,9-10H2. The molecule has 1 aromatic carbocycles. The van der Waals surface area contributed by atoms with Gasteiger partial charge in [0.2, 0.25) is 0 Å². The average Bonchev–Trinajstić information content (AvgIpc) is 3.10. The minimum absolute atomic E-state index is 0.741. The molecule has 2 nitrogen and oxygen atoms in total. The highest BCUT2D eigenvalue weighted by atomic mass is 79.9. The van der Waals surface area contributed by atoms with Crippen LogP contribution >= 0.6 is 31.9 Å². The maximum absolute atomic E-state index is 6.03. The van der Waals surface area contributed by atoms with E-state index in [9.17, 15) is 0 Å². The number of ether oxygens (including phenoxy) is 1. The molecule has 2 fully saturated rings. The largest absolute Gasteiger partial charge is 0.491 e. The molecule has 1 N–H and O–H groups in total. The van der Waals surface area contributed by atoms with Crippen molar-refractivity contribution in [2.45, 2.75) is 51.1 Å². The van der Waals surface area contributed by atoms with Crippen LogP contribution in [0, 0.1) is 5.92 Å². The van der Waals surface area contributed by atoms with Gasteiger partial charge in [-0.1, -0.05) is 12.8 Å². The SMILES string of the molecule is Brc1cc(CNC2CC2)cc(Br)c1OCC1CCCC1. The second-order valence-corrected chi connectivity index (χ2v) is 7.71. The van der Waals surface area contributed by atoms with Crippen LogP contribution in [0.5, 0.6) is 5.75 Å². The molecule has 1 aromatic rings. The van der Waals surface area contributed by atoms with E-state index in [-0.39, 0.29) is 0 Å². The van der Waals surface area contributed by atoms with Gasteiger partial charge in [0.25, 0.3) is 0 Å². The van der Waals surface area contributed by atoms with Crippen LogP contribution in [0.15, 0.2) is 21.1 Å². The molecule has 0 amide bonds. The van der Waals surface area contributed by atoms with Crippen LogP contribution in [0.25, 0.3) is 0 Å². The van der Waals surface area contributed by atoms with Crippen molar-refractivity contribution in [2.75, 3.05) is 6.61 Å². The Bertz CT molecular complexity index is 445. The first-order valence-corrected chi connectivity index (χ1v) is 9.15. The molecule has 2 aliphatic rings. The molecule has 110 valence electrons. The van der Waals surface area contributed by atoms with E-state index < -0.39 is 0 Å². The number of rotatable bonds is 6. The van der Waals surface area contributed by atoms with Gasteiger partial charge < -0.3 is 10.1 Å². The monoisotopic (exact) mass is 401 g/mol. The van der Waals surface area contributed by atoms with Gasteiger partial charge >= 0.3 is 0 Å². The highest BCUT2D eigenvalue weighted by molar-refractivity contribution is 9.11. The molecule has 20 heavy (non-hydrogen) atoms. The van der Waals surface area contributed by atoms with Crippen LogP contribution in [0.1, 0.15) is 44.1 Å². The second-order valence-electron chi connectivity index (χ2n) is 6.01. The zero-order valence-electron chi connectivity index (χ0n) is 11.6. The Morgan fingerprint density at radius 3 is 2.30 bits per heavy atom. The molecule has 0 aliphatic heterocycles. The Balaban J connectivity index is 1.60. The third-order valence-electron chi connectivity index (χ3n) is 4.17. The summed E-state index contributed by atoms with van der Waals surface area (Å²) in [6.07, 6.45) is 8.01. The molecule has 0 radical (unpaired) electrons. The molecule has 0 spiro atoms. The number of nitrogens with one attached hydrogen (secondary N) is 1. The summed E-state index contributed by atoms with van der Waals surface area (Å²) >= 11 is 7.29. The Morgan fingerprint density at radius 2 is 1.70 bits per heavy atom. The Labute approximate surface area is 137 Å². The summed E-state index contributed by atoms with van der Waals surface area (Å²) in [6, 6.07) is 5.08. The van der Waals surface area contributed by atoms with Gasteiger partial charge in [0.1, 0.15) is 5.75 Å². The zero-order valence-corrected chi connectivity index (χ0v) is 14.8. The van der Waals surface area contributed by atoms with Crippen molar-refractivity contribution in [1.29, 1.82) is 0 Å². The lowest BCUT2D eigenvalue weighted by atomic mass is 10.1. The van der Waals surface area contributed by atoms with Gasteiger partial charge in [0, 0.05) is 12.6 Å². The van der Waals surface area contributed by atoms with Crippen molar-refractivity contribution in [3.05, 3.63) is 26.6 Å². The number of benzene rings is 1. The lowest BCUT2D eigenvalue weighted by Gasteiger charge is -2.15. The predicted molar refractivity (Wildman–Crippen MR) is 89.2 cm³/mol. The molecular formula is C16H21Br2NO. The Morgan fingerprint density at radius 1 is 1.05 bits per heavy atom. The van der Waals surface area contributed by atoms with E-state index in [1.165, 1.54) is 44.1 Å². The van der Waals surface area contributed by atoms with Crippen molar-refractivity contribution in [3.63, 3.8) is 0 Å². The fraction of sp³-hybridized carbons (Fsp3) is 0.625. The molecular weight excluding hydrogens is 382 g/mol. The molecule has 3 rings (SSSR count). The van der Waals surface area contributed by atoms with Gasteiger partial charge in [-0.15, -0.1) is 0 Å². The van der Waals surface area contributed by atoms with E-state index in [1.807, 2.05) is 0 Å². The lowest BCUT2D eigenvalue weighted by molar-refractivity contribution is 0.249. The molecule has 4 heteroatoms. The molecule has 0 bridgehead atoms. The van der Waals surface area contributed by atoms with Crippen molar-refractivity contribution in [1.82, 2.24) is 5.32 Å². The maximum atomic E-state index is 6.03.